The van der Waals surface area contributed by atoms with Crippen molar-refractivity contribution in [2.24, 2.45) is 0 Å². The second kappa shape index (κ2) is 4.64. The summed E-state index contributed by atoms with van der Waals surface area (Å²) in [6.07, 6.45) is 5.17. The Hall–Kier alpha value is -1.06. The van der Waals surface area contributed by atoms with Gasteiger partial charge in [-0.25, -0.2) is 0 Å². The van der Waals surface area contributed by atoms with Crippen molar-refractivity contribution >= 4 is 22.5 Å². The van der Waals surface area contributed by atoms with Gasteiger partial charge >= 0.3 is 0 Å². The van der Waals surface area contributed by atoms with Gasteiger partial charge < -0.3 is 5.11 Å². The highest BCUT2D eigenvalue weighted by atomic mass is 32.2. The van der Waals surface area contributed by atoms with E-state index >= 15 is 0 Å². The SMILES string of the molecule is CSCC(O)c1cccc2ccncc12. The number of hydrogen-bond acceptors (Lipinski definition) is 3. The van der Waals surface area contributed by atoms with Crippen LogP contribution >= 0.6 is 11.8 Å². The Bertz CT molecular complexity index is 453. The molecular weight excluding hydrogens is 206 g/mol. The Kier molecular flexibility index (Phi) is 3.23. The van der Waals surface area contributed by atoms with Crippen molar-refractivity contribution in [2.45, 2.75) is 6.10 Å². The average Bonchev–Trinajstić information content (AvgIpc) is 2.28. The zero-order valence-electron chi connectivity index (χ0n) is 8.55. The van der Waals surface area contributed by atoms with Gasteiger partial charge in [0.15, 0.2) is 0 Å². The minimum Gasteiger partial charge on any atom is -0.388 e. The van der Waals surface area contributed by atoms with E-state index in [1.165, 1.54) is 0 Å². The van der Waals surface area contributed by atoms with Crippen LogP contribution in [0.5, 0.6) is 0 Å². The van der Waals surface area contributed by atoms with E-state index in [9.17, 15) is 5.11 Å². The number of fused-ring (bicyclic) bond motifs is 1. The summed E-state index contributed by atoms with van der Waals surface area (Å²) in [4.78, 5) is 4.10. The highest BCUT2D eigenvalue weighted by molar-refractivity contribution is 7.98. The Morgan fingerprint density at radius 3 is 3.07 bits per heavy atom. The molecule has 0 radical (unpaired) electrons. The summed E-state index contributed by atoms with van der Waals surface area (Å²) < 4.78 is 0. The minimum absolute atomic E-state index is 0.409. The van der Waals surface area contributed by atoms with Gasteiger partial charge in [0.25, 0.3) is 0 Å². The molecule has 0 aliphatic heterocycles. The summed E-state index contributed by atoms with van der Waals surface area (Å²) >= 11 is 1.64. The second-order valence-corrected chi connectivity index (χ2v) is 4.33. The highest BCUT2D eigenvalue weighted by Crippen LogP contribution is 2.25. The van der Waals surface area contributed by atoms with Crippen LogP contribution in [0.4, 0.5) is 0 Å². The molecule has 78 valence electrons. The molecule has 0 saturated heterocycles. The van der Waals surface area contributed by atoms with Gasteiger partial charge in [-0.1, -0.05) is 18.2 Å². The van der Waals surface area contributed by atoms with E-state index in [0.717, 1.165) is 16.3 Å². The first kappa shape index (κ1) is 10.5. The van der Waals surface area contributed by atoms with Crippen LogP contribution in [0.1, 0.15) is 11.7 Å². The quantitative estimate of drug-likeness (QED) is 0.861. The van der Waals surface area contributed by atoms with Crippen molar-refractivity contribution in [3.05, 3.63) is 42.2 Å². The van der Waals surface area contributed by atoms with Crippen molar-refractivity contribution in [1.82, 2.24) is 4.98 Å². The smallest absolute Gasteiger partial charge is 0.0886 e. The molecule has 3 heteroatoms. The van der Waals surface area contributed by atoms with E-state index in [4.69, 9.17) is 0 Å². The summed E-state index contributed by atoms with van der Waals surface area (Å²) in [7, 11) is 0. The first-order valence-electron chi connectivity index (χ1n) is 4.82. The molecule has 1 N–H and O–H groups in total. The third-order valence-corrected chi connectivity index (χ3v) is 3.05. The van der Waals surface area contributed by atoms with Gasteiger partial charge in [0, 0.05) is 23.5 Å². The van der Waals surface area contributed by atoms with Crippen molar-refractivity contribution in [2.75, 3.05) is 12.0 Å². The van der Waals surface area contributed by atoms with E-state index in [1.54, 1.807) is 18.0 Å². The molecule has 1 heterocycles. The monoisotopic (exact) mass is 219 g/mol. The van der Waals surface area contributed by atoms with Gasteiger partial charge in [0.05, 0.1) is 6.10 Å². The predicted octanol–water partition coefficient (Wildman–Crippen LogP) is 2.63. The molecule has 0 saturated carbocycles. The molecular formula is C12H13NOS. The summed E-state index contributed by atoms with van der Waals surface area (Å²) in [5, 5.41) is 12.1. The normalized spacial score (nSPS) is 12.9. The lowest BCUT2D eigenvalue weighted by molar-refractivity contribution is 0.206. The van der Waals surface area contributed by atoms with Crippen LogP contribution < -0.4 is 0 Å². The van der Waals surface area contributed by atoms with Crippen LogP contribution in [0.25, 0.3) is 10.8 Å². The van der Waals surface area contributed by atoms with E-state index in [0.29, 0.717) is 5.75 Å². The molecule has 15 heavy (non-hydrogen) atoms. The molecule has 1 aromatic carbocycles. The fourth-order valence-electron chi connectivity index (χ4n) is 1.68. The maximum Gasteiger partial charge on any atom is 0.0886 e. The number of rotatable bonds is 3. The van der Waals surface area contributed by atoms with E-state index in [1.807, 2.05) is 36.7 Å². The highest BCUT2D eigenvalue weighted by Gasteiger charge is 2.09. The lowest BCUT2D eigenvalue weighted by Gasteiger charge is -2.11. The van der Waals surface area contributed by atoms with Gasteiger partial charge in [0.1, 0.15) is 0 Å². The molecule has 0 aliphatic carbocycles. The molecule has 1 aromatic heterocycles. The zero-order chi connectivity index (χ0) is 10.7. The zero-order valence-corrected chi connectivity index (χ0v) is 9.37. The van der Waals surface area contributed by atoms with Crippen molar-refractivity contribution in [1.29, 1.82) is 0 Å². The van der Waals surface area contributed by atoms with Gasteiger partial charge in [0.2, 0.25) is 0 Å². The molecule has 0 amide bonds. The number of pyridine rings is 1. The molecule has 2 aromatic rings. The Morgan fingerprint density at radius 2 is 2.27 bits per heavy atom. The lowest BCUT2D eigenvalue weighted by Crippen LogP contribution is -2.01. The third kappa shape index (κ3) is 2.13. The second-order valence-electron chi connectivity index (χ2n) is 3.42. The molecule has 2 nitrogen and oxygen atoms in total. The number of hydrogen-bond donors (Lipinski definition) is 1. The van der Waals surface area contributed by atoms with Crippen molar-refractivity contribution in [3.63, 3.8) is 0 Å². The fourth-order valence-corrected chi connectivity index (χ4v) is 2.17. The first-order chi connectivity index (χ1) is 7.33. The number of aromatic nitrogens is 1. The lowest BCUT2D eigenvalue weighted by atomic mass is 10.0. The van der Waals surface area contributed by atoms with Crippen LogP contribution in [-0.4, -0.2) is 22.1 Å². The van der Waals surface area contributed by atoms with Crippen LogP contribution in [0.15, 0.2) is 36.7 Å². The average molecular weight is 219 g/mol. The Labute approximate surface area is 93.3 Å². The van der Waals surface area contributed by atoms with E-state index < -0.39 is 6.10 Å². The largest absolute Gasteiger partial charge is 0.388 e. The van der Waals surface area contributed by atoms with Crippen LogP contribution in [-0.2, 0) is 0 Å². The number of thioether (sulfide) groups is 1. The van der Waals surface area contributed by atoms with Crippen molar-refractivity contribution in [3.8, 4) is 0 Å². The summed E-state index contributed by atoms with van der Waals surface area (Å²) in [6, 6.07) is 7.93. The molecule has 0 bridgehead atoms. The van der Waals surface area contributed by atoms with Crippen LogP contribution in [0, 0.1) is 0 Å². The topological polar surface area (TPSA) is 33.1 Å². The first-order valence-corrected chi connectivity index (χ1v) is 6.22. The predicted molar refractivity (Wildman–Crippen MR) is 65.1 cm³/mol. The summed E-state index contributed by atoms with van der Waals surface area (Å²) in [6.45, 7) is 0. The molecule has 0 fully saturated rings. The number of nitrogens with zero attached hydrogens (tertiary/aromatic N) is 1. The van der Waals surface area contributed by atoms with Crippen LogP contribution in [0.2, 0.25) is 0 Å². The van der Waals surface area contributed by atoms with E-state index in [2.05, 4.69) is 4.98 Å². The third-order valence-electron chi connectivity index (χ3n) is 2.40. The standard InChI is InChI=1S/C12H13NOS/c1-15-8-12(14)10-4-2-3-9-5-6-13-7-11(9)10/h2-7,12,14H,8H2,1H3. The molecule has 0 aliphatic rings. The van der Waals surface area contributed by atoms with Crippen molar-refractivity contribution < 1.29 is 5.11 Å². The number of aliphatic hydroxyl groups is 1. The molecule has 0 spiro atoms. The van der Waals surface area contributed by atoms with Crippen LogP contribution in [0.3, 0.4) is 0 Å². The number of benzene rings is 1. The molecule has 1 unspecified atom stereocenters. The minimum atomic E-state index is -0.409. The van der Waals surface area contributed by atoms with Gasteiger partial charge in [-0.2, -0.15) is 11.8 Å². The summed E-state index contributed by atoms with van der Waals surface area (Å²) in [5.41, 5.74) is 0.968. The maximum absolute atomic E-state index is 9.97. The Morgan fingerprint density at radius 1 is 1.40 bits per heavy atom. The van der Waals surface area contributed by atoms with E-state index in [-0.39, 0.29) is 0 Å². The maximum atomic E-state index is 9.97. The molecule has 2 rings (SSSR count). The van der Waals surface area contributed by atoms with Gasteiger partial charge in [-0.05, 0) is 23.3 Å². The Balaban J connectivity index is 2.50. The van der Waals surface area contributed by atoms with Gasteiger partial charge in [-0.3, -0.25) is 4.98 Å². The summed E-state index contributed by atoms with van der Waals surface area (Å²) in [5.74, 6) is 0.716. The number of aliphatic hydroxyl groups excluding tert-OH is 1. The fraction of sp³-hybridized carbons (Fsp3) is 0.250. The molecule has 1 atom stereocenters. The van der Waals surface area contributed by atoms with Gasteiger partial charge in [-0.15, -0.1) is 0 Å².